The third-order valence-corrected chi connectivity index (χ3v) is 9.99. The number of hydrogen-bond acceptors (Lipinski definition) is 8. The normalized spacial score (nSPS) is 19.5. The molecule has 1 rings (SSSR count). The van der Waals surface area contributed by atoms with Crippen molar-refractivity contribution in [2.24, 2.45) is 11.8 Å². The lowest BCUT2D eigenvalue weighted by Crippen LogP contribution is -2.25. The minimum atomic E-state index is -4.70. The molecule has 4 N–H and O–H groups in total. The second-order valence-electron chi connectivity index (χ2n) is 14.1. The first kappa shape index (κ1) is 46.5. The van der Waals surface area contributed by atoms with Crippen molar-refractivity contribution >= 4 is 19.6 Å². The zero-order valence-corrected chi connectivity index (χ0v) is 32.2. The number of hydrogen-bond donors (Lipinski definition) is 4. The Hall–Kier alpha value is -1.55. The third kappa shape index (κ3) is 25.4. The molecule has 5 atom stereocenters. The van der Waals surface area contributed by atoms with Crippen molar-refractivity contribution in [3.05, 3.63) is 24.5 Å². The minimum Gasteiger partial charge on any atom is -0.492 e. The van der Waals surface area contributed by atoms with Gasteiger partial charge in [0, 0.05) is 18.8 Å². The molecule has 0 saturated heterocycles. The zero-order valence-electron chi connectivity index (χ0n) is 31.3. The molecule has 0 spiro atoms. The molecule has 0 aliphatic heterocycles. The number of ether oxygens (including phenoxy) is 2. The first-order valence-electron chi connectivity index (χ1n) is 19.8. The number of aliphatic hydroxyl groups excluding tert-OH is 2. The largest absolute Gasteiger partial charge is 0.492 e. The van der Waals surface area contributed by atoms with Gasteiger partial charge in [-0.2, -0.15) is 0 Å². The fraction of sp³-hybridized carbons (Fsp3) is 0.846. The monoisotopic (exact) mass is 730 g/mol. The zero-order chi connectivity index (χ0) is 36.9. The van der Waals surface area contributed by atoms with Crippen molar-refractivity contribution in [3.63, 3.8) is 0 Å². The van der Waals surface area contributed by atoms with Crippen molar-refractivity contribution in [2.45, 2.75) is 186 Å². The van der Waals surface area contributed by atoms with E-state index in [1.54, 1.807) is 12.2 Å². The molecular weight excluding hydrogens is 659 g/mol. The summed E-state index contributed by atoms with van der Waals surface area (Å²) in [5.41, 5.74) is 0. The quantitative estimate of drug-likeness (QED) is 0.0169. The van der Waals surface area contributed by atoms with Crippen LogP contribution in [0.2, 0.25) is 0 Å². The van der Waals surface area contributed by atoms with Gasteiger partial charge in [-0.05, 0) is 44.1 Å². The number of allylic oxidation sites excluding steroid dienone is 2. The number of carbonyl (C=O) groups is 2. The van der Waals surface area contributed by atoms with Crippen LogP contribution in [-0.2, 0) is 28.2 Å². The Labute approximate surface area is 303 Å². The molecule has 1 saturated carbocycles. The lowest BCUT2D eigenvalue weighted by atomic mass is 9.88. The average Bonchev–Trinajstić information content (AvgIpc) is 3.34. The average molecular weight is 731 g/mol. The Kier molecular flexibility index (Phi) is 27.9. The van der Waals surface area contributed by atoms with Crippen molar-refractivity contribution in [1.29, 1.82) is 0 Å². The van der Waals surface area contributed by atoms with Crippen LogP contribution in [0.1, 0.15) is 168 Å². The van der Waals surface area contributed by atoms with Crippen LogP contribution in [0.15, 0.2) is 24.5 Å². The standard InChI is InChI=1S/C39H71O10P/c1-3-5-7-8-9-10-11-12-13-14-15-16-19-23-29-47-34(32-49-50(44,45)46)31-48-39(43)26-22-18-17-21-25-35-36(38(42)30-37(35)41)28-27-33(40)24-20-6-4-2/h23,27-29,33-37,40-41H,3-22,24-26,30-32H2,1-2H3,(H2,44,45,46)/b28-27+,29-23+/t33-,34+,35+,36+,37-/m0/s1. The molecule has 0 aromatic carbocycles. The number of phosphoric ester groups is 1. The molecule has 0 unspecified atom stereocenters. The highest BCUT2D eigenvalue weighted by molar-refractivity contribution is 7.46. The Morgan fingerprint density at radius 3 is 2.06 bits per heavy atom. The van der Waals surface area contributed by atoms with Gasteiger partial charge in [0.1, 0.15) is 12.4 Å². The molecule has 0 bridgehead atoms. The first-order valence-corrected chi connectivity index (χ1v) is 21.3. The van der Waals surface area contributed by atoms with E-state index in [1.807, 2.05) is 6.08 Å². The maximum absolute atomic E-state index is 12.5. The maximum atomic E-state index is 12.5. The van der Waals surface area contributed by atoms with Gasteiger partial charge in [-0.15, -0.1) is 0 Å². The van der Waals surface area contributed by atoms with Gasteiger partial charge in [0.2, 0.25) is 0 Å². The third-order valence-electron chi connectivity index (χ3n) is 9.50. The molecule has 1 fully saturated rings. The van der Waals surface area contributed by atoms with Crippen molar-refractivity contribution in [2.75, 3.05) is 13.2 Å². The Balaban J connectivity index is 2.26. The van der Waals surface area contributed by atoms with Gasteiger partial charge in [-0.25, -0.2) is 4.57 Å². The fourth-order valence-corrected chi connectivity index (χ4v) is 6.81. The number of Topliss-reactive ketones (excluding diaryl/α,β-unsaturated/α-hetero) is 1. The number of phosphoric acid groups is 1. The summed E-state index contributed by atoms with van der Waals surface area (Å²) in [6.45, 7) is 3.76. The van der Waals surface area contributed by atoms with Crippen LogP contribution in [0.3, 0.4) is 0 Å². The molecule has 292 valence electrons. The number of rotatable bonds is 33. The summed E-state index contributed by atoms with van der Waals surface area (Å²) in [6, 6.07) is 0. The molecule has 0 aromatic rings. The molecule has 0 amide bonds. The van der Waals surface area contributed by atoms with Gasteiger partial charge < -0.3 is 29.5 Å². The van der Waals surface area contributed by atoms with Gasteiger partial charge in [0.05, 0.1) is 25.1 Å². The predicted octanol–water partition coefficient (Wildman–Crippen LogP) is 9.03. The Bertz CT molecular complexity index is 965. The van der Waals surface area contributed by atoms with Gasteiger partial charge in [0.25, 0.3) is 0 Å². The highest BCUT2D eigenvalue weighted by Gasteiger charge is 2.39. The molecular formula is C39H71O10P. The number of esters is 1. The van der Waals surface area contributed by atoms with E-state index in [0.29, 0.717) is 19.3 Å². The summed E-state index contributed by atoms with van der Waals surface area (Å²) in [7, 11) is -4.70. The second kappa shape index (κ2) is 30.0. The molecule has 1 aliphatic rings. The smallest absolute Gasteiger partial charge is 0.469 e. The van der Waals surface area contributed by atoms with E-state index < -0.39 is 38.7 Å². The number of ketones is 1. The summed E-state index contributed by atoms with van der Waals surface area (Å²) in [4.78, 5) is 43.0. The van der Waals surface area contributed by atoms with Crippen LogP contribution >= 0.6 is 7.82 Å². The minimum absolute atomic E-state index is 0.0193. The van der Waals surface area contributed by atoms with Crippen LogP contribution in [-0.4, -0.2) is 63.3 Å². The van der Waals surface area contributed by atoms with Crippen LogP contribution in [0.4, 0.5) is 0 Å². The second-order valence-corrected chi connectivity index (χ2v) is 15.3. The highest BCUT2D eigenvalue weighted by atomic mass is 31.2. The van der Waals surface area contributed by atoms with Crippen molar-refractivity contribution in [3.8, 4) is 0 Å². The van der Waals surface area contributed by atoms with Gasteiger partial charge in [-0.1, -0.05) is 135 Å². The molecule has 50 heavy (non-hydrogen) atoms. The Morgan fingerprint density at radius 1 is 0.840 bits per heavy atom. The summed E-state index contributed by atoms with van der Waals surface area (Å²) >= 11 is 0. The lowest BCUT2D eigenvalue weighted by molar-refractivity contribution is -0.147. The number of unbranched alkanes of at least 4 members (excludes halogenated alkanes) is 17. The van der Waals surface area contributed by atoms with Crippen LogP contribution in [0.25, 0.3) is 0 Å². The molecule has 11 heteroatoms. The van der Waals surface area contributed by atoms with E-state index in [4.69, 9.17) is 19.3 Å². The van der Waals surface area contributed by atoms with E-state index >= 15 is 0 Å². The predicted molar refractivity (Wildman–Crippen MR) is 198 cm³/mol. The summed E-state index contributed by atoms with van der Waals surface area (Å²) in [5, 5.41) is 20.6. The molecule has 0 heterocycles. The summed E-state index contributed by atoms with van der Waals surface area (Å²) in [6.07, 6.45) is 28.8. The van der Waals surface area contributed by atoms with Crippen molar-refractivity contribution in [1.82, 2.24) is 0 Å². The topological polar surface area (TPSA) is 160 Å². The first-order chi connectivity index (χ1) is 24.1. The van der Waals surface area contributed by atoms with Gasteiger partial charge in [0.15, 0.2) is 6.10 Å². The van der Waals surface area contributed by atoms with E-state index in [1.165, 1.54) is 70.5 Å². The SMILES string of the molecule is CCCCCCCCCCCCCC/C=C/O[C@H](COC(=O)CCCCCC[C@H]1[C@@H](O)CC(=O)[C@@H]1/C=C/[C@@H](O)CCCCC)COP(=O)(O)O. The molecule has 1 aliphatic carbocycles. The van der Waals surface area contributed by atoms with Crippen LogP contribution < -0.4 is 0 Å². The molecule has 0 radical (unpaired) electrons. The van der Waals surface area contributed by atoms with Gasteiger partial charge >= 0.3 is 13.8 Å². The number of aliphatic hydroxyl groups is 2. The Morgan fingerprint density at radius 2 is 1.42 bits per heavy atom. The highest BCUT2D eigenvalue weighted by Crippen LogP contribution is 2.36. The molecule has 0 aromatic heterocycles. The van der Waals surface area contributed by atoms with E-state index in [9.17, 15) is 24.4 Å². The van der Waals surface area contributed by atoms with E-state index in [2.05, 4.69) is 18.4 Å². The van der Waals surface area contributed by atoms with E-state index in [0.717, 1.165) is 57.8 Å². The fourth-order valence-electron chi connectivity index (χ4n) is 6.45. The number of carbonyl (C=O) groups excluding carboxylic acids is 2. The summed E-state index contributed by atoms with van der Waals surface area (Å²) in [5.74, 6) is -0.923. The van der Waals surface area contributed by atoms with Crippen LogP contribution in [0, 0.1) is 11.8 Å². The van der Waals surface area contributed by atoms with Gasteiger partial charge in [-0.3, -0.25) is 14.1 Å². The summed E-state index contributed by atoms with van der Waals surface area (Å²) < 4.78 is 26.7. The molecule has 10 nitrogen and oxygen atoms in total. The maximum Gasteiger partial charge on any atom is 0.469 e. The van der Waals surface area contributed by atoms with Crippen LogP contribution in [0.5, 0.6) is 0 Å². The lowest BCUT2D eigenvalue weighted by Gasteiger charge is -2.19. The van der Waals surface area contributed by atoms with E-state index in [-0.39, 0.29) is 37.1 Å². The van der Waals surface area contributed by atoms with Crippen molar-refractivity contribution < 1.29 is 48.2 Å².